The fourth-order valence-electron chi connectivity index (χ4n) is 5.53. The maximum atomic E-state index is 13.5. The van der Waals surface area contributed by atoms with Crippen molar-refractivity contribution >= 4 is 34.6 Å². The second-order valence-corrected chi connectivity index (χ2v) is 13.9. The number of anilines is 1. The molecule has 244 valence electrons. The summed E-state index contributed by atoms with van der Waals surface area (Å²) in [7, 11) is 1.68. The zero-order chi connectivity index (χ0) is 32.9. The van der Waals surface area contributed by atoms with Crippen molar-refractivity contribution in [2.75, 3.05) is 18.0 Å². The molecule has 0 bridgehead atoms. The number of carbonyl (C=O) groups excluding carboxylic acids is 3. The summed E-state index contributed by atoms with van der Waals surface area (Å²) in [4.78, 5) is 53.8. The van der Waals surface area contributed by atoms with Gasteiger partial charge in [-0.25, -0.2) is 9.59 Å². The quantitative estimate of drug-likeness (QED) is 0.187. The van der Waals surface area contributed by atoms with Gasteiger partial charge < -0.3 is 19.1 Å². The molecule has 2 heterocycles. The van der Waals surface area contributed by atoms with E-state index in [1.54, 1.807) is 48.6 Å². The summed E-state index contributed by atoms with van der Waals surface area (Å²) in [5.41, 5.74) is 1.46. The minimum Gasteiger partial charge on any atom is -0.461 e. The van der Waals surface area contributed by atoms with E-state index in [1.807, 2.05) is 48.5 Å². The monoisotopic (exact) mass is 621 g/mol. The Bertz CT molecular complexity index is 1550. The Morgan fingerprint density at radius 3 is 2.18 bits per heavy atom. The largest absolute Gasteiger partial charge is 0.461 e. The van der Waals surface area contributed by atoms with E-state index in [9.17, 15) is 19.2 Å². The number of hydrogen-bond acceptors (Lipinski definition) is 8. The van der Waals surface area contributed by atoms with Crippen molar-refractivity contribution in [3.8, 4) is 0 Å². The van der Waals surface area contributed by atoms with E-state index in [1.165, 1.54) is 9.13 Å². The van der Waals surface area contributed by atoms with Crippen LogP contribution in [0.25, 0.3) is 11.0 Å². The number of aromatic nitrogens is 2. The Morgan fingerprint density at radius 1 is 0.867 bits per heavy atom. The maximum absolute atomic E-state index is 13.5. The standard InChI is InChI=1S/C35H47N3O7/c1-34(2,3)44-31(40)19-18-28(32(41)45-35(4,5)6)38-27-17-16-26(20-29(27)36(7)33(38)42)37-21-25(22-37)14-11-15-30(39)43-23-24-12-9-8-10-13-24/h8-10,12-13,16-17,20,25,28H,11,14-15,18-19,21-23H2,1-7H3. The van der Waals surface area contributed by atoms with Crippen LogP contribution < -0.4 is 10.6 Å². The van der Waals surface area contributed by atoms with Crippen LogP contribution >= 0.6 is 0 Å². The van der Waals surface area contributed by atoms with E-state index in [0.717, 1.165) is 37.2 Å². The van der Waals surface area contributed by atoms with E-state index >= 15 is 0 Å². The summed E-state index contributed by atoms with van der Waals surface area (Å²) in [6.45, 7) is 12.7. The summed E-state index contributed by atoms with van der Waals surface area (Å²) >= 11 is 0. The first-order valence-electron chi connectivity index (χ1n) is 15.7. The predicted molar refractivity (Wildman–Crippen MR) is 173 cm³/mol. The Kier molecular flexibility index (Phi) is 10.5. The highest BCUT2D eigenvalue weighted by molar-refractivity contribution is 5.84. The van der Waals surface area contributed by atoms with Crippen LogP contribution in [-0.2, 0) is 42.2 Å². The van der Waals surface area contributed by atoms with Crippen LogP contribution in [0.3, 0.4) is 0 Å². The summed E-state index contributed by atoms with van der Waals surface area (Å²) in [6, 6.07) is 14.4. The van der Waals surface area contributed by atoms with Crippen molar-refractivity contribution in [1.29, 1.82) is 0 Å². The molecule has 2 aromatic carbocycles. The lowest BCUT2D eigenvalue weighted by Gasteiger charge is -2.41. The van der Waals surface area contributed by atoms with Gasteiger partial charge in [-0.3, -0.25) is 18.7 Å². The zero-order valence-electron chi connectivity index (χ0n) is 27.6. The number of hydrogen-bond donors (Lipinski definition) is 0. The molecule has 0 saturated carbocycles. The minimum atomic E-state index is -0.994. The third kappa shape index (κ3) is 9.22. The van der Waals surface area contributed by atoms with Gasteiger partial charge in [0, 0.05) is 38.7 Å². The van der Waals surface area contributed by atoms with Crippen LogP contribution in [0, 0.1) is 5.92 Å². The molecule has 10 heteroatoms. The van der Waals surface area contributed by atoms with Gasteiger partial charge in [0.05, 0.1) is 11.0 Å². The Labute approximate surface area is 265 Å². The SMILES string of the molecule is Cn1c(=O)n(C(CCC(=O)OC(C)(C)C)C(=O)OC(C)(C)C)c2ccc(N3CC(CCCC(=O)OCc4ccccc4)C3)cc21. The Morgan fingerprint density at radius 2 is 1.53 bits per heavy atom. The number of esters is 3. The van der Waals surface area contributed by atoms with E-state index < -0.39 is 29.2 Å². The molecule has 0 radical (unpaired) electrons. The fraction of sp³-hybridized carbons (Fsp3) is 0.543. The van der Waals surface area contributed by atoms with E-state index in [4.69, 9.17) is 14.2 Å². The topological polar surface area (TPSA) is 109 Å². The van der Waals surface area contributed by atoms with Crippen molar-refractivity contribution in [2.45, 2.75) is 97.5 Å². The van der Waals surface area contributed by atoms with Crippen molar-refractivity contribution in [3.05, 3.63) is 64.6 Å². The van der Waals surface area contributed by atoms with Gasteiger partial charge in [-0.2, -0.15) is 0 Å². The molecule has 1 atom stereocenters. The summed E-state index contributed by atoms with van der Waals surface area (Å²) in [6.07, 6.45) is 2.14. The molecule has 10 nitrogen and oxygen atoms in total. The molecule has 0 N–H and O–H groups in total. The Hall–Kier alpha value is -4.08. The van der Waals surface area contributed by atoms with Crippen LogP contribution in [0.5, 0.6) is 0 Å². The first kappa shape index (κ1) is 33.8. The summed E-state index contributed by atoms with van der Waals surface area (Å²) < 4.78 is 19.5. The number of fused-ring (bicyclic) bond motifs is 1. The second kappa shape index (κ2) is 13.9. The van der Waals surface area contributed by atoms with Crippen LogP contribution in [0.4, 0.5) is 5.69 Å². The highest BCUT2D eigenvalue weighted by atomic mass is 16.6. The van der Waals surface area contributed by atoms with Crippen molar-refractivity contribution in [2.24, 2.45) is 13.0 Å². The lowest BCUT2D eigenvalue weighted by atomic mass is 9.93. The van der Waals surface area contributed by atoms with Crippen molar-refractivity contribution < 1.29 is 28.6 Å². The van der Waals surface area contributed by atoms with Gasteiger partial charge >= 0.3 is 23.6 Å². The normalized spacial score (nSPS) is 14.6. The third-order valence-electron chi connectivity index (χ3n) is 7.66. The lowest BCUT2D eigenvalue weighted by Crippen LogP contribution is -2.46. The van der Waals surface area contributed by atoms with Gasteiger partial charge in [-0.05, 0) is 90.5 Å². The number of benzene rings is 2. The lowest BCUT2D eigenvalue weighted by molar-refractivity contribution is -0.160. The smallest absolute Gasteiger partial charge is 0.329 e. The van der Waals surface area contributed by atoms with Crippen LogP contribution in [0.1, 0.15) is 85.3 Å². The van der Waals surface area contributed by atoms with E-state index in [-0.39, 0.29) is 24.5 Å². The van der Waals surface area contributed by atoms with E-state index in [0.29, 0.717) is 30.0 Å². The van der Waals surface area contributed by atoms with Crippen LogP contribution in [0.15, 0.2) is 53.3 Å². The average Bonchev–Trinajstić information content (AvgIpc) is 3.16. The molecule has 0 aliphatic carbocycles. The maximum Gasteiger partial charge on any atom is 0.329 e. The van der Waals surface area contributed by atoms with Gasteiger partial charge in [-0.15, -0.1) is 0 Å². The first-order chi connectivity index (χ1) is 21.1. The number of carbonyl (C=O) groups is 3. The molecule has 45 heavy (non-hydrogen) atoms. The number of ether oxygens (including phenoxy) is 3. The summed E-state index contributed by atoms with van der Waals surface area (Å²) in [5, 5.41) is 0. The van der Waals surface area contributed by atoms with Gasteiger partial charge in [0.1, 0.15) is 23.9 Å². The van der Waals surface area contributed by atoms with Crippen molar-refractivity contribution in [3.63, 3.8) is 0 Å². The molecule has 0 amide bonds. The van der Waals surface area contributed by atoms with Gasteiger partial charge in [0.25, 0.3) is 0 Å². The van der Waals surface area contributed by atoms with Gasteiger partial charge in [-0.1, -0.05) is 30.3 Å². The molecule has 4 rings (SSSR count). The fourth-order valence-corrected chi connectivity index (χ4v) is 5.53. The Balaban J connectivity index is 1.40. The molecule has 1 aliphatic rings. The molecule has 1 fully saturated rings. The molecule has 1 saturated heterocycles. The molecule has 0 spiro atoms. The predicted octanol–water partition coefficient (Wildman–Crippen LogP) is 5.69. The number of rotatable bonds is 12. The zero-order valence-corrected chi connectivity index (χ0v) is 27.6. The van der Waals surface area contributed by atoms with Gasteiger partial charge in [0.2, 0.25) is 0 Å². The van der Waals surface area contributed by atoms with E-state index in [2.05, 4.69) is 4.90 Å². The average molecular weight is 622 g/mol. The number of nitrogens with zero attached hydrogens (tertiary/aromatic N) is 3. The minimum absolute atomic E-state index is 0.0397. The molecule has 1 aliphatic heterocycles. The number of imidazole rings is 1. The van der Waals surface area contributed by atoms with Crippen LogP contribution in [-0.4, -0.2) is 51.3 Å². The second-order valence-electron chi connectivity index (χ2n) is 13.9. The van der Waals surface area contributed by atoms with Crippen molar-refractivity contribution in [1.82, 2.24) is 9.13 Å². The summed E-state index contributed by atoms with van der Waals surface area (Å²) in [5.74, 6) is -0.718. The molecular weight excluding hydrogens is 574 g/mol. The highest BCUT2D eigenvalue weighted by Crippen LogP contribution is 2.32. The molecule has 3 aromatic rings. The molecule has 1 aromatic heterocycles. The number of aryl methyl sites for hydroxylation is 1. The van der Waals surface area contributed by atoms with Gasteiger partial charge in [0.15, 0.2) is 0 Å². The molecular formula is C35H47N3O7. The third-order valence-corrected chi connectivity index (χ3v) is 7.66. The first-order valence-corrected chi connectivity index (χ1v) is 15.7. The molecule has 1 unspecified atom stereocenters. The highest BCUT2D eigenvalue weighted by Gasteiger charge is 2.32. The van der Waals surface area contributed by atoms with Crippen LogP contribution in [0.2, 0.25) is 0 Å².